The van der Waals surface area contributed by atoms with E-state index in [0.717, 1.165) is 23.7 Å². The second kappa shape index (κ2) is 9.13. The van der Waals surface area contributed by atoms with Gasteiger partial charge in [0.05, 0.1) is 6.61 Å². The van der Waals surface area contributed by atoms with E-state index in [4.69, 9.17) is 4.74 Å². The van der Waals surface area contributed by atoms with Crippen LogP contribution in [0.25, 0.3) is 0 Å². The monoisotopic (exact) mass is 458 g/mol. The predicted octanol–water partition coefficient (Wildman–Crippen LogP) is 3.79. The van der Waals surface area contributed by atoms with Gasteiger partial charge in [-0.3, -0.25) is 4.79 Å². The fourth-order valence-electron chi connectivity index (χ4n) is 1.38. The number of carbonyl (C=O) groups excluding carboxylic acids is 1. The molecule has 4 heteroatoms. The van der Waals surface area contributed by atoms with Crippen molar-refractivity contribution in [3.05, 3.63) is 35.9 Å². The Kier molecular flexibility index (Phi) is 8.17. The van der Waals surface area contributed by atoms with E-state index in [9.17, 15) is 4.79 Å². The Bertz CT molecular complexity index is 327. The highest BCUT2D eigenvalue weighted by Crippen LogP contribution is 2.12. The Balaban J connectivity index is 2.20. The molecule has 0 N–H and O–H groups in total. The third-order valence-electron chi connectivity index (χ3n) is 2.32. The molecule has 0 aromatic heterocycles. The second-order valence-corrected chi connectivity index (χ2v) is 6.28. The summed E-state index contributed by atoms with van der Waals surface area (Å²) in [6.07, 6.45) is 2.78. The number of halogens is 2. The summed E-state index contributed by atoms with van der Waals surface area (Å²) in [5, 5.41) is 0. The van der Waals surface area contributed by atoms with Crippen LogP contribution in [0.1, 0.15) is 18.4 Å². The molecule has 0 radical (unpaired) electrons. The van der Waals surface area contributed by atoms with Crippen LogP contribution in [-0.4, -0.2) is 20.9 Å². The summed E-state index contributed by atoms with van der Waals surface area (Å²) in [6, 6.07) is 10.1. The Hall–Kier alpha value is 0.150. The molecule has 0 fully saturated rings. The maximum absolute atomic E-state index is 11.6. The van der Waals surface area contributed by atoms with Gasteiger partial charge in [-0.25, -0.2) is 0 Å². The number of hydrogen-bond acceptors (Lipinski definition) is 2. The molecule has 0 aliphatic rings. The van der Waals surface area contributed by atoms with Crippen molar-refractivity contribution >= 4 is 51.2 Å². The molecule has 0 bridgehead atoms. The lowest BCUT2D eigenvalue weighted by molar-refractivity contribution is -0.142. The maximum atomic E-state index is 11.6. The van der Waals surface area contributed by atoms with Crippen LogP contribution >= 0.6 is 45.2 Å². The van der Waals surface area contributed by atoms with Gasteiger partial charge < -0.3 is 4.74 Å². The fraction of sp³-hybridized carbons (Fsp3) is 0.462. The molecule has 0 amide bonds. The van der Waals surface area contributed by atoms with Gasteiger partial charge in [0.25, 0.3) is 0 Å². The highest BCUT2D eigenvalue weighted by atomic mass is 127. The van der Waals surface area contributed by atoms with E-state index in [1.807, 2.05) is 30.3 Å². The molecular formula is C13H16I2O2. The van der Waals surface area contributed by atoms with Crippen LogP contribution in [0.2, 0.25) is 0 Å². The smallest absolute Gasteiger partial charge is 0.318 e. The molecule has 0 heterocycles. The molecule has 0 spiro atoms. The van der Waals surface area contributed by atoms with Gasteiger partial charge in [0, 0.05) is 6.42 Å². The first-order chi connectivity index (χ1) is 8.24. The molecule has 0 saturated carbocycles. The van der Waals surface area contributed by atoms with E-state index >= 15 is 0 Å². The van der Waals surface area contributed by atoms with Crippen molar-refractivity contribution in [2.45, 2.75) is 23.2 Å². The van der Waals surface area contributed by atoms with Gasteiger partial charge in [-0.1, -0.05) is 75.5 Å². The molecule has 0 aliphatic heterocycles. The lowest BCUT2D eigenvalue weighted by Crippen LogP contribution is -2.18. The Morgan fingerprint density at radius 2 is 2.00 bits per heavy atom. The zero-order chi connectivity index (χ0) is 12.5. The van der Waals surface area contributed by atoms with Gasteiger partial charge in [0.2, 0.25) is 0 Å². The first-order valence-electron chi connectivity index (χ1n) is 5.64. The Morgan fingerprint density at radius 1 is 1.29 bits per heavy atom. The molecular weight excluding hydrogens is 442 g/mol. The van der Waals surface area contributed by atoms with Gasteiger partial charge in [0.1, 0.15) is 3.92 Å². The number of ether oxygens (including phenoxy) is 1. The lowest BCUT2D eigenvalue weighted by atomic mass is 10.2. The van der Waals surface area contributed by atoms with Crippen LogP contribution in [0.4, 0.5) is 0 Å². The van der Waals surface area contributed by atoms with Crippen molar-refractivity contribution in [2.24, 2.45) is 0 Å². The van der Waals surface area contributed by atoms with Crippen LogP contribution in [0.3, 0.4) is 0 Å². The molecule has 1 unspecified atom stereocenters. The summed E-state index contributed by atoms with van der Waals surface area (Å²) < 4.78 is 6.35. The Morgan fingerprint density at radius 3 is 2.65 bits per heavy atom. The number of rotatable bonds is 7. The van der Waals surface area contributed by atoms with Crippen molar-refractivity contribution in [3.63, 3.8) is 0 Å². The number of alkyl halides is 2. The maximum Gasteiger partial charge on any atom is 0.318 e. The minimum atomic E-state index is -0.0774. The fourth-order valence-corrected chi connectivity index (χ4v) is 2.44. The van der Waals surface area contributed by atoms with Gasteiger partial charge in [-0.05, 0) is 22.8 Å². The van der Waals surface area contributed by atoms with E-state index in [0.29, 0.717) is 6.61 Å². The van der Waals surface area contributed by atoms with E-state index in [1.54, 1.807) is 0 Å². The topological polar surface area (TPSA) is 26.3 Å². The molecule has 2 nitrogen and oxygen atoms in total. The second-order valence-electron chi connectivity index (χ2n) is 3.70. The first-order valence-corrected chi connectivity index (χ1v) is 8.41. The van der Waals surface area contributed by atoms with Crippen molar-refractivity contribution in [1.29, 1.82) is 0 Å². The zero-order valence-electron chi connectivity index (χ0n) is 9.57. The largest absolute Gasteiger partial charge is 0.465 e. The van der Waals surface area contributed by atoms with Crippen LogP contribution < -0.4 is 0 Å². The van der Waals surface area contributed by atoms with E-state index < -0.39 is 0 Å². The normalized spacial score (nSPS) is 12.1. The van der Waals surface area contributed by atoms with Crippen molar-refractivity contribution < 1.29 is 9.53 Å². The number of hydrogen-bond donors (Lipinski definition) is 0. The summed E-state index contributed by atoms with van der Waals surface area (Å²) in [6.45, 7) is 0.479. The molecule has 17 heavy (non-hydrogen) atoms. The average Bonchev–Trinajstić information content (AvgIpc) is 2.37. The van der Waals surface area contributed by atoms with E-state index in [1.165, 1.54) is 5.56 Å². The molecule has 0 saturated heterocycles. The summed E-state index contributed by atoms with van der Waals surface area (Å²) >= 11 is 4.49. The molecule has 1 aromatic rings. The van der Waals surface area contributed by atoms with Crippen LogP contribution in [0.5, 0.6) is 0 Å². The number of esters is 1. The zero-order valence-corrected chi connectivity index (χ0v) is 13.9. The average molecular weight is 458 g/mol. The van der Waals surface area contributed by atoms with Crippen LogP contribution in [0.15, 0.2) is 30.3 Å². The van der Waals surface area contributed by atoms with Crippen LogP contribution in [0, 0.1) is 0 Å². The molecule has 0 aliphatic carbocycles. The third-order valence-corrected chi connectivity index (χ3v) is 4.22. The van der Waals surface area contributed by atoms with Gasteiger partial charge in [0.15, 0.2) is 0 Å². The minimum absolute atomic E-state index is 0.00172. The summed E-state index contributed by atoms with van der Waals surface area (Å²) in [7, 11) is 0. The minimum Gasteiger partial charge on any atom is -0.465 e. The van der Waals surface area contributed by atoms with Gasteiger partial charge in [-0.15, -0.1) is 0 Å². The van der Waals surface area contributed by atoms with Crippen LogP contribution in [-0.2, 0) is 16.0 Å². The molecule has 1 atom stereocenters. The SMILES string of the molecule is O=C(OCCc1ccccc1)C(I)CCCI. The first kappa shape index (κ1) is 15.2. The van der Waals surface area contributed by atoms with E-state index in [2.05, 4.69) is 45.2 Å². The standard InChI is InChI=1S/C13H16I2O2/c14-9-4-7-12(15)13(16)17-10-8-11-5-2-1-3-6-11/h1-3,5-6,12H,4,7-10H2. The molecule has 1 rings (SSSR count). The Labute approximate surface area is 130 Å². The third kappa shape index (κ3) is 6.59. The summed E-state index contributed by atoms with van der Waals surface area (Å²) in [4.78, 5) is 11.6. The van der Waals surface area contributed by atoms with Crippen molar-refractivity contribution in [2.75, 3.05) is 11.0 Å². The highest BCUT2D eigenvalue weighted by molar-refractivity contribution is 14.1. The molecule has 1 aromatic carbocycles. The quantitative estimate of drug-likeness (QED) is 0.353. The summed E-state index contributed by atoms with van der Waals surface area (Å²) in [5.74, 6) is -0.0774. The van der Waals surface area contributed by atoms with Gasteiger partial charge >= 0.3 is 5.97 Å². The number of carbonyl (C=O) groups is 1. The van der Waals surface area contributed by atoms with Crippen molar-refractivity contribution in [1.82, 2.24) is 0 Å². The van der Waals surface area contributed by atoms with E-state index in [-0.39, 0.29) is 9.89 Å². The lowest BCUT2D eigenvalue weighted by Gasteiger charge is -2.09. The van der Waals surface area contributed by atoms with Crippen molar-refractivity contribution in [3.8, 4) is 0 Å². The summed E-state index contributed by atoms with van der Waals surface area (Å²) in [5.41, 5.74) is 1.21. The highest BCUT2D eigenvalue weighted by Gasteiger charge is 2.15. The predicted molar refractivity (Wildman–Crippen MR) is 87.0 cm³/mol. The number of benzene rings is 1. The molecule has 94 valence electrons. The van der Waals surface area contributed by atoms with Gasteiger partial charge in [-0.2, -0.15) is 0 Å².